The first kappa shape index (κ1) is 38.2. The van der Waals surface area contributed by atoms with E-state index in [1.807, 2.05) is 54.6 Å². The summed E-state index contributed by atoms with van der Waals surface area (Å²) < 4.78 is 12.2. The van der Waals surface area contributed by atoms with Gasteiger partial charge in [-0.1, -0.05) is 53.4 Å². The fourth-order valence-electron chi connectivity index (χ4n) is 8.75. The molecule has 0 spiro atoms. The van der Waals surface area contributed by atoms with Gasteiger partial charge in [0.2, 0.25) is 11.8 Å². The highest BCUT2D eigenvalue weighted by molar-refractivity contribution is 6.05. The minimum Gasteiger partial charge on any atom is -0.490 e. The molecule has 0 aliphatic carbocycles. The van der Waals surface area contributed by atoms with Gasteiger partial charge < -0.3 is 19.9 Å². The van der Waals surface area contributed by atoms with Crippen LogP contribution in [0, 0.1) is 23.2 Å². The quantitative estimate of drug-likeness (QED) is 0.0722. The molecule has 3 saturated heterocycles. The number of piperidine rings is 3. The molecule has 1 aromatic heterocycles. The maximum atomic E-state index is 13.0. The van der Waals surface area contributed by atoms with E-state index in [4.69, 9.17) is 20.4 Å². The summed E-state index contributed by atoms with van der Waals surface area (Å²) in [5, 5.41) is 15.2. The van der Waals surface area contributed by atoms with Crippen molar-refractivity contribution in [3.8, 4) is 28.9 Å². The molecule has 9 rings (SSSR count). The molecule has 12 heteroatoms. The minimum atomic E-state index is -0.612. The molecule has 1 unspecified atom stereocenters. The summed E-state index contributed by atoms with van der Waals surface area (Å²) in [5.74, 6) is 7.77. The number of imide groups is 1. The van der Waals surface area contributed by atoms with Crippen molar-refractivity contribution < 1.29 is 23.6 Å². The van der Waals surface area contributed by atoms with Crippen molar-refractivity contribution >= 4 is 34.5 Å². The predicted octanol–water partition coefficient (Wildman–Crippen LogP) is 5.85. The number of hydrogen-bond donors (Lipinski definition) is 3. The van der Waals surface area contributed by atoms with Gasteiger partial charge in [0, 0.05) is 67.3 Å². The average molecular weight is 790 g/mol. The first-order valence-corrected chi connectivity index (χ1v) is 20.5. The van der Waals surface area contributed by atoms with Gasteiger partial charge in [-0.15, -0.1) is 0 Å². The highest BCUT2D eigenvalue weighted by Crippen LogP contribution is 2.33. The number of fused-ring (bicyclic) bond motifs is 2. The third kappa shape index (κ3) is 8.49. The topological polar surface area (TPSA) is 158 Å². The zero-order valence-electron chi connectivity index (χ0n) is 32.9. The first-order chi connectivity index (χ1) is 28.7. The molecule has 0 saturated carbocycles. The number of benzene rings is 4. The Morgan fingerprint density at radius 3 is 2.31 bits per heavy atom. The standard InChI is InChI=1S/C47H47N7O5/c48-45(49)35-11-13-41-40(26-35)44(59-51-41)34-2-1-3-38(25-34)58-37-18-22-53(23-19-37)28-33-8-6-32(7-9-33)27-52-20-16-30(17-21-52)4-5-31-10-12-39-36(24-31)29-54(47(39)57)42-14-15-43(55)50-46(42)56/h1-3,6-13,24-26,30,37,42H,14-23,27-29H2,(H3,48,49)(H,50,55,56). The lowest BCUT2D eigenvalue weighted by molar-refractivity contribution is -0.136. The lowest BCUT2D eigenvalue weighted by Crippen LogP contribution is -2.52. The summed E-state index contributed by atoms with van der Waals surface area (Å²) in [6.07, 6.45) is 4.68. The van der Waals surface area contributed by atoms with Gasteiger partial charge in [-0.25, -0.2) is 0 Å². The summed E-state index contributed by atoms with van der Waals surface area (Å²) in [6.45, 7) is 6.16. The minimum absolute atomic E-state index is 0.00644. The highest BCUT2D eigenvalue weighted by atomic mass is 16.5. The van der Waals surface area contributed by atoms with Gasteiger partial charge in [0.1, 0.15) is 29.2 Å². The summed E-state index contributed by atoms with van der Waals surface area (Å²) in [7, 11) is 0. The van der Waals surface area contributed by atoms with Crippen LogP contribution in [0.15, 0.2) is 89.5 Å². The van der Waals surface area contributed by atoms with Gasteiger partial charge in [-0.3, -0.25) is 34.9 Å². The number of carbonyl (C=O) groups is 3. The number of rotatable bonds is 9. The lowest BCUT2D eigenvalue weighted by Gasteiger charge is -2.32. The number of amides is 3. The van der Waals surface area contributed by atoms with Crippen LogP contribution < -0.4 is 15.8 Å². The van der Waals surface area contributed by atoms with E-state index in [-0.39, 0.29) is 30.2 Å². The van der Waals surface area contributed by atoms with Crippen LogP contribution in [0.25, 0.3) is 22.2 Å². The normalized spacial score (nSPS) is 19.4. The molecule has 3 fully saturated rings. The Kier molecular flexibility index (Phi) is 10.7. The van der Waals surface area contributed by atoms with Crippen molar-refractivity contribution in [3.63, 3.8) is 0 Å². The van der Waals surface area contributed by atoms with E-state index in [2.05, 4.69) is 56.4 Å². The molecule has 4 aliphatic heterocycles. The average Bonchev–Trinajstić information content (AvgIpc) is 3.82. The molecule has 5 aromatic rings. The van der Waals surface area contributed by atoms with E-state index < -0.39 is 11.9 Å². The van der Waals surface area contributed by atoms with Gasteiger partial charge in [0.15, 0.2) is 5.76 Å². The number of carbonyl (C=O) groups excluding carboxylic acids is 3. The number of hydrogen-bond acceptors (Lipinski definition) is 9. The molecule has 12 nitrogen and oxygen atoms in total. The second kappa shape index (κ2) is 16.5. The van der Waals surface area contributed by atoms with Crippen LogP contribution in [0.3, 0.4) is 0 Å². The van der Waals surface area contributed by atoms with Gasteiger partial charge in [0.05, 0.1) is 5.39 Å². The number of nitrogen functional groups attached to an aromatic ring is 1. The molecule has 4 aromatic carbocycles. The molecule has 4 N–H and O–H groups in total. The molecule has 0 radical (unpaired) electrons. The number of ether oxygens (including phenoxy) is 1. The molecule has 0 bridgehead atoms. The Morgan fingerprint density at radius 1 is 0.864 bits per heavy atom. The number of likely N-dealkylation sites (tertiary alicyclic amines) is 2. The summed E-state index contributed by atoms with van der Waals surface area (Å²) in [6, 6.07) is 27.5. The fraction of sp³-hybridized carbons (Fsp3) is 0.340. The van der Waals surface area contributed by atoms with E-state index in [9.17, 15) is 14.4 Å². The van der Waals surface area contributed by atoms with Gasteiger partial charge >= 0.3 is 0 Å². The van der Waals surface area contributed by atoms with Crippen LogP contribution in [-0.4, -0.2) is 81.7 Å². The fourth-order valence-corrected chi connectivity index (χ4v) is 8.75. The monoisotopic (exact) mass is 789 g/mol. The molecule has 3 amide bonds. The van der Waals surface area contributed by atoms with Gasteiger partial charge in [-0.2, -0.15) is 0 Å². The third-order valence-electron chi connectivity index (χ3n) is 12.1. The van der Waals surface area contributed by atoms with Crippen LogP contribution >= 0.6 is 0 Å². The van der Waals surface area contributed by atoms with E-state index in [1.165, 1.54) is 11.1 Å². The lowest BCUT2D eigenvalue weighted by atomic mass is 9.96. The van der Waals surface area contributed by atoms with Gasteiger partial charge in [-0.05, 0) is 110 Å². The Bertz CT molecular complexity index is 2490. The zero-order valence-corrected chi connectivity index (χ0v) is 32.9. The summed E-state index contributed by atoms with van der Waals surface area (Å²) in [5.41, 5.74) is 13.0. The Morgan fingerprint density at radius 2 is 1.59 bits per heavy atom. The van der Waals surface area contributed by atoms with Crippen molar-refractivity contribution in [2.45, 2.75) is 70.3 Å². The molecule has 59 heavy (non-hydrogen) atoms. The molecule has 1 atom stereocenters. The van der Waals surface area contributed by atoms with Crippen molar-refractivity contribution in [2.75, 3.05) is 26.2 Å². The largest absolute Gasteiger partial charge is 0.490 e. The summed E-state index contributed by atoms with van der Waals surface area (Å²) in [4.78, 5) is 43.6. The van der Waals surface area contributed by atoms with Crippen LogP contribution in [0.1, 0.15) is 76.7 Å². The molecular formula is C47H47N7O5. The SMILES string of the molecule is N=C(N)c1ccc2noc(-c3cccc(OC4CCN(Cc5ccc(CN6CCC(C#Cc7ccc8c(c7)CN(C7CCC(=O)NC7=O)C8=O)CC6)cc5)CC4)c3)c2c1. The van der Waals surface area contributed by atoms with Crippen molar-refractivity contribution in [1.82, 2.24) is 25.2 Å². The van der Waals surface area contributed by atoms with Crippen molar-refractivity contribution in [3.05, 3.63) is 118 Å². The second-order valence-corrected chi connectivity index (χ2v) is 16.2. The van der Waals surface area contributed by atoms with E-state index in [1.54, 1.807) is 11.0 Å². The number of aromatic nitrogens is 1. The summed E-state index contributed by atoms with van der Waals surface area (Å²) >= 11 is 0. The van der Waals surface area contributed by atoms with Crippen LogP contribution in [0.2, 0.25) is 0 Å². The Hall–Kier alpha value is -6.29. The second-order valence-electron chi connectivity index (χ2n) is 16.2. The Labute approximate surface area is 343 Å². The first-order valence-electron chi connectivity index (χ1n) is 20.5. The third-order valence-corrected chi connectivity index (χ3v) is 12.1. The number of nitrogens with zero attached hydrogens (tertiary/aromatic N) is 4. The van der Waals surface area contributed by atoms with Crippen LogP contribution in [0.4, 0.5) is 0 Å². The maximum Gasteiger partial charge on any atom is 0.255 e. The zero-order chi connectivity index (χ0) is 40.5. The number of amidine groups is 1. The van der Waals surface area contributed by atoms with E-state index >= 15 is 0 Å². The maximum absolute atomic E-state index is 13.0. The molecule has 300 valence electrons. The van der Waals surface area contributed by atoms with Crippen molar-refractivity contribution in [1.29, 1.82) is 5.41 Å². The van der Waals surface area contributed by atoms with Crippen LogP contribution in [-0.2, 0) is 29.2 Å². The smallest absolute Gasteiger partial charge is 0.255 e. The molecular weight excluding hydrogens is 743 g/mol. The predicted molar refractivity (Wildman–Crippen MR) is 223 cm³/mol. The van der Waals surface area contributed by atoms with Gasteiger partial charge in [0.25, 0.3) is 5.91 Å². The van der Waals surface area contributed by atoms with Crippen LogP contribution in [0.5, 0.6) is 5.75 Å². The van der Waals surface area contributed by atoms with Crippen molar-refractivity contribution in [2.24, 2.45) is 11.7 Å². The Balaban J connectivity index is 0.712. The number of nitrogens with one attached hydrogen (secondary N) is 2. The van der Waals surface area contributed by atoms with E-state index in [0.29, 0.717) is 35.8 Å². The number of nitrogens with two attached hydrogens (primary N) is 1. The molecule has 5 heterocycles. The highest BCUT2D eigenvalue weighted by Gasteiger charge is 2.39. The van der Waals surface area contributed by atoms with E-state index in [0.717, 1.165) is 98.3 Å². The molecule has 4 aliphatic rings.